The monoisotopic (exact) mass is 598 g/mol. The Morgan fingerprint density at radius 3 is 1.30 bits per heavy atom. The standard InChI is InChI=1S/C38H46O4S/c1-9-36(4,5)42-33-22-26-35(27-23-33)43(39,40)34-24-20-32(21-25-34)41-31-18-16-29(17-19-31)37(6,7)28-12-14-30(15-13-28)38(8,10-2)11-3/h12-27H,9-11H2,1-8H3. The predicted molar refractivity (Wildman–Crippen MR) is 176 cm³/mol. The number of hydrogen-bond acceptors (Lipinski definition) is 4. The van der Waals surface area contributed by atoms with Gasteiger partial charge in [-0.1, -0.05) is 77.9 Å². The zero-order valence-electron chi connectivity index (χ0n) is 26.9. The van der Waals surface area contributed by atoms with Crippen LogP contribution in [0.5, 0.6) is 17.2 Å². The Hall–Kier alpha value is -3.57. The average Bonchev–Trinajstić information content (AvgIpc) is 3.01. The second-order valence-corrected chi connectivity index (χ2v) is 14.7. The molecule has 4 rings (SSSR count). The minimum Gasteiger partial charge on any atom is -0.488 e. The van der Waals surface area contributed by atoms with Gasteiger partial charge in [-0.05, 0) is 116 Å². The normalized spacial score (nSPS) is 12.7. The van der Waals surface area contributed by atoms with Crippen molar-refractivity contribution in [2.45, 2.75) is 101 Å². The van der Waals surface area contributed by atoms with Crippen molar-refractivity contribution < 1.29 is 17.9 Å². The summed E-state index contributed by atoms with van der Waals surface area (Å²) in [7, 11) is -3.67. The Kier molecular flexibility index (Phi) is 9.46. The molecule has 0 N–H and O–H groups in total. The van der Waals surface area contributed by atoms with Crippen molar-refractivity contribution >= 4 is 9.84 Å². The molecule has 43 heavy (non-hydrogen) atoms. The smallest absolute Gasteiger partial charge is 0.206 e. The summed E-state index contributed by atoms with van der Waals surface area (Å²) in [6.07, 6.45) is 3.08. The SMILES string of the molecule is CCC(C)(C)Oc1ccc(S(=O)(=O)c2ccc(Oc3ccc(C(C)(C)c4ccc(C(C)(CC)CC)cc4)cc3)cc2)cc1. The lowest BCUT2D eigenvalue weighted by atomic mass is 9.74. The van der Waals surface area contributed by atoms with Crippen LogP contribution in [0.25, 0.3) is 0 Å². The van der Waals surface area contributed by atoms with Crippen LogP contribution >= 0.6 is 0 Å². The number of sulfone groups is 1. The predicted octanol–water partition coefficient (Wildman–Crippen LogP) is 10.3. The molecule has 0 aliphatic heterocycles. The molecule has 0 saturated heterocycles. The van der Waals surface area contributed by atoms with Crippen LogP contribution in [0, 0.1) is 0 Å². The largest absolute Gasteiger partial charge is 0.488 e. The Morgan fingerprint density at radius 2 is 0.884 bits per heavy atom. The van der Waals surface area contributed by atoms with Crippen molar-refractivity contribution in [3.8, 4) is 17.2 Å². The second kappa shape index (κ2) is 12.6. The van der Waals surface area contributed by atoms with Crippen LogP contribution in [0.2, 0.25) is 0 Å². The summed E-state index contributed by atoms with van der Waals surface area (Å²) in [6, 6.07) is 30.3. The third-order valence-corrected chi connectivity index (χ3v) is 11.0. The average molecular weight is 599 g/mol. The molecule has 0 aliphatic carbocycles. The molecule has 228 valence electrons. The van der Waals surface area contributed by atoms with E-state index >= 15 is 0 Å². The van der Waals surface area contributed by atoms with Gasteiger partial charge >= 0.3 is 0 Å². The Morgan fingerprint density at radius 1 is 0.512 bits per heavy atom. The molecule has 0 atom stereocenters. The van der Waals surface area contributed by atoms with Crippen LogP contribution in [0.4, 0.5) is 0 Å². The van der Waals surface area contributed by atoms with E-state index in [0.29, 0.717) is 17.2 Å². The van der Waals surface area contributed by atoms with Crippen LogP contribution in [-0.4, -0.2) is 14.0 Å². The lowest BCUT2D eigenvalue weighted by Gasteiger charge is -2.30. The van der Waals surface area contributed by atoms with Crippen molar-refractivity contribution in [1.82, 2.24) is 0 Å². The van der Waals surface area contributed by atoms with Gasteiger partial charge in [0, 0.05) is 5.41 Å². The lowest BCUT2D eigenvalue weighted by Crippen LogP contribution is -2.26. The molecule has 0 heterocycles. The first-order chi connectivity index (χ1) is 20.2. The van der Waals surface area contributed by atoms with Crippen LogP contribution < -0.4 is 9.47 Å². The van der Waals surface area contributed by atoms with E-state index in [2.05, 4.69) is 77.9 Å². The molecule has 4 aromatic rings. The fourth-order valence-corrected chi connectivity index (χ4v) is 6.35. The lowest BCUT2D eigenvalue weighted by molar-refractivity contribution is 0.105. The molecule has 0 bridgehead atoms. The van der Waals surface area contributed by atoms with Gasteiger partial charge in [0.25, 0.3) is 0 Å². The van der Waals surface area contributed by atoms with Gasteiger partial charge in [0.1, 0.15) is 22.8 Å². The quantitative estimate of drug-likeness (QED) is 0.163. The van der Waals surface area contributed by atoms with Crippen LogP contribution in [0.15, 0.2) is 107 Å². The molecule has 0 aliphatic rings. The molecule has 0 amide bonds. The minimum atomic E-state index is -3.67. The van der Waals surface area contributed by atoms with Crippen LogP contribution in [-0.2, 0) is 20.7 Å². The van der Waals surface area contributed by atoms with Gasteiger partial charge in [-0.3, -0.25) is 0 Å². The maximum atomic E-state index is 13.2. The van der Waals surface area contributed by atoms with E-state index in [1.807, 2.05) is 26.0 Å². The zero-order valence-corrected chi connectivity index (χ0v) is 27.7. The van der Waals surface area contributed by atoms with Gasteiger partial charge in [-0.25, -0.2) is 8.42 Å². The minimum absolute atomic E-state index is 0.168. The molecular weight excluding hydrogens is 552 g/mol. The summed E-state index contributed by atoms with van der Waals surface area (Å²) in [5.41, 5.74) is 3.57. The summed E-state index contributed by atoms with van der Waals surface area (Å²) in [6.45, 7) is 17.4. The van der Waals surface area contributed by atoms with Crippen molar-refractivity contribution in [2.24, 2.45) is 0 Å². The third kappa shape index (κ3) is 7.15. The van der Waals surface area contributed by atoms with E-state index < -0.39 is 9.84 Å². The molecule has 4 nitrogen and oxygen atoms in total. The van der Waals surface area contributed by atoms with E-state index in [1.54, 1.807) is 48.5 Å². The summed E-state index contributed by atoms with van der Waals surface area (Å²) < 4.78 is 38.5. The summed E-state index contributed by atoms with van der Waals surface area (Å²) >= 11 is 0. The number of rotatable bonds is 12. The Labute approximate surface area is 259 Å². The topological polar surface area (TPSA) is 52.6 Å². The maximum Gasteiger partial charge on any atom is 0.206 e. The van der Waals surface area contributed by atoms with E-state index in [9.17, 15) is 8.42 Å². The Bertz CT molecular complexity index is 1590. The van der Waals surface area contributed by atoms with Gasteiger partial charge in [0.2, 0.25) is 9.84 Å². The van der Waals surface area contributed by atoms with Crippen molar-refractivity contribution in [3.05, 3.63) is 114 Å². The molecule has 0 unspecified atom stereocenters. The first-order valence-corrected chi connectivity index (χ1v) is 16.8. The highest BCUT2D eigenvalue weighted by Crippen LogP contribution is 2.36. The molecule has 0 spiro atoms. The highest BCUT2D eigenvalue weighted by Gasteiger charge is 2.26. The van der Waals surface area contributed by atoms with Gasteiger partial charge in [0.15, 0.2) is 0 Å². The molecule has 4 aromatic carbocycles. The fourth-order valence-electron chi connectivity index (χ4n) is 5.09. The molecule has 0 radical (unpaired) electrons. The summed E-state index contributed by atoms with van der Waals surface area (Å²) in [5.74, 6) is 1.91. The van der Waals surface area contributed by atoms with Crippen LogP contribution in [0.1, 0.15) is 91.3 Å². The molecule has 0 aromatic heterocycles. The number of benzene rings is 4. The van der Waals surface area contributed by atoms with Gasteiger partial charge in [0.05, 0.1) is 9.79 Å². The molecule has 0 fully saturated rings. The third-order valence-electron chi connectivity index (χ3n) is 9.19. The first-order valence-electron chi connectivity index (χ1n) is 15.3. The Balaban J connectivity index is 1.44. The maximum absolute atomic E-state index is 13.2. The highest BCUT2D eigenvalue weighted by atomic mass is 32.2. The van der Waals surface area contributed by atoms with E-state index in [-0.39, 0.29) is 26.2 Å². The first kappa shape index (κ1) is 32.3. The zero-order chi connectivity index (χ0) is 31.5. The molecular formula is C38H46O4S. The summed E-state index contributed by atoms with van der Waals surface area (Å²) in [4.78, 5) is 0.434. The van der Waals surface area contributed by atoms with Crippen LogP contribution in [0.3, 0.4) is 0 Å². The molecule has 5 heteroatoms. The molecule has 0 saturated carbocycles. The summed E-state index contributed by atoms with van der Waals surface area (Å²) in [5, 5.41) is 0. The van der Waals surface area contributed by atoms with Gasteiger partial charge in [-0.15, -0.1) is 0 Å². The van der Waals surface area contributed by atoms with Crippen molar-refractivity contribution in [1.29, 1.82) is 0 Å². The van der Waals surface area contributed by atoms with Crippen molar-refractivity contribution in [3.63, 3.8) is 0 Å². The van der Waals surface area contributed by atoms with E-state index in [4.69, 9.17) is 9.47 Å². The van der Waals surface area contributed by atoms with Gasteiger partial charge < -0.3 is 9.47 Å². The fraction of sp³-hybridized carbons (Fsp3) is 0.368. The van der Waals surface area contributed by atoms with E-state index in [1.165, 1.54) is 16.7 Å². The second-order valence-electron chi connectivity index (χ2n) is 12.8. The number of ether oxygens (including phenoxy) is 2. The highest BCUT2D eigenvalue weighted by molar-refractivity contribution is 7.91. The van der Waals surface area contributed by atoms with Gasteiger partial charge in [-0.2, -0.15) is 0 Å². The number of hydrogen-bond donors (Lipinski definition) is 0. The van der Waals surface area contributed by atoms with Crippen molar-refractivity contribution in [2.75, 3.05) is 0 Å². The van der Waals surface area contributed by atoms with E-state index in [0.717, 1.165) is 19.3 Å².